The van der Waals surface area contributed by atoms with Crippen molar-refractivity contribution in [3.63, 3.8) is 0 Å². The molecule has 1 fully saturated rings. The lowest BCUT2D eigenvalue weighted by molar-refractivity contribution is 0.309. The van der Waals surface area contributed by atoms with Gasteiger partial charge in [0.05, 0.1) is 13.0 Å². The summed E-state index contributed by atoms with van der Waals surface area (Å²) in [5.41, 5.74) is 2.12. The Balaban J connectivity index is 1.43. The van der Waals surface area contributed by atoms with Crippen LogP contribution in [-0.2, 0) is 6.54 Å². The number of aromatic nitrogens is 2. The van der Waals surface area contributed by atoms with Crippen molar-refractivity contribution in [2.75, 3.05) is 20.2 Å². The normalized spacial score (nSPS) is 17.5. The molecule has 0 amide bonds. The van der Waals surface area contributed by atoms with Crippen LogP contribution < -0.4 is 4.74 Å². The third-order valence-corrected chi connectivity index (χ3v) is 4.92. The molecule has 2 aromatic carbocycles. The molecule has 3 aromatic rings. The van der Waals surface area contributed by atoms with E-state index in [2.05, 4.69) is 21.1 Å². The van der Waals surface area contributed by atoms with Gasteiger partial charge in [0.1, 0.15) is 5.75 Å². The monoisotopic (exact) mass is 369 g/mol. The van der Waals surface area contributed by atoms with Crippen molar-refractivity contribution in [1.82, 2.24) is 15.0 Å². The van der Waals surface area contributed by atoms with Crippen LogP contribution in [0.4, 0.5) is 0 Å². The summed E-state index contributed by atoms with van der Waals surface area (Å²) in [4.78, 5) is 7.01. The number of hydrogen-bond donors (Lipinski definition) is 0. The van der Waals surface area contributed by atoms with Crippen molar-refractivity contribution in [2.45, 2.75) is 18.9 Å². The minimum atomic E-state index is 0.265. The number of hydrogen-bond acceptors (Lipinski definition) is 5. The van der Waals surface area contributed by atoms with Gasteiger partial charge in [0.15, 0.2) is 0 Å². The standard InChI is InChI=1S/C20H20ClN3O2/c1-25-18-7-3-5-15(11-18)19-22-20(26-23-19)16-8-9-24(13-16)12-14-4-2-6-17(21)10-14/h2-7,10-11,16H,8-9,12-13H2,1H3/t16-/m0/s1. The zero-order valence-corrected chi connectivity index (χ0v) is 15.3. The molecule has 0 aliphatic carbocycles. The lowest BCUT2D eigenvalue weighted by Crippen LogP contribution is -2.19. The molecule has 1 saturated heterocycles. The summed E-state index contributed by atoms with van der Waals surface area (Å²) in [6, 6.07) is 15.7. The van der Waals surface area contributed by atoms with E-state index in [0.717, 1.165) is 42.4 Å². The van der Waals surface area contributed by atoms with Crippen LogP contribution in [-0.4, -0.2) is 35.2 Å². The molecule has 1 aliphatic heterocycles. The first-order valence-electron chi connectivity index (χ1n) is 8.66. The second-order valence-electron chi connectivity index (χ2n) is 6.54. The highest BCUT2D eigenvalue weighted by molar-refractivity contribution is 6.30. The molecule has 1 aromatic heterocycles. The Hall–Kier alpha value is -2.37. The van der Waals surface area contributed by atoms with Gasteiger partial charge < -0.3 is 9.26 Å². The average Bonchev–Trinajstić information content (AvgIpc) is 3.31. The van der Waals surface area contributed by atoms with E-state index in [0.29, 0.717) is 11.7 Å². The summed E-state index contributed by atoms with van der Waals surface area (Å²) in [6.45, 7) is 2.80. The van der Waals surface area contributed by atoms with Gasteiger partial charge in [-0.05, 0) is 42.8 Å². The Bertz CT molecular complexity index is 896. The number of benzene rings is 2. The van der Waals surface area contributed by atoms with Gasteiger partial charge in [-0.25, -0.2) is 0 Å². The highest BCUT2D eigenvalue weighted by Gasteiger charge is 2.28. The first kappa shape index (κ1) is 17.1. The van der Waals surface area contributed by atoms with Gasteiger partial charge in [-0.3, -0.25) is 4.90 Å². The molecule has 4 rings (SSSR count). The predicted molar refractivity (Wildman–Crippen MR) is 100 cm³/mol. The first-order chi connectivity index (χ1) is 12.7. The van der Waals surface area contributed by atoms with Crippen LogP contribution in [0.3, 0.4) is 0 Å². The largest absolute Gasteiger partial charge is 0.497 e. The molecule has 0 radical (unpaired) electrons. The number of likely N-dealkylation sites (tertiary alicyclic amines) is 1. The molecule has 134 valence electrons. The fourth-order valence-electron chi connectivity index (χ4n) is 3.35. The van der Waals surface area contributed by atoms with E-state index in [1.165, 1.54) is 5.56 Å². The van der Waals surface area contributed by atoms with Gasteiger partial charge in [-0.15, -0.1) is 0 Å². The van der Waals surface area contributed by atoms with Crippen molar-refractivity contribution in [1.29, 1.82) is 0 Å². The van der Waals surface area contributed by atoms with E-state index in [-0.39, 0.29) is 5.92 Å². The lowest BCUT2D eigenvalue weighted by atomic mass is 10.1. The third-order valence-electron chi connectivity index (χ3n) is 4.69. The molecule has 0 unspecified atom stereocenters. The van der Waals surface area contributed by atoms with Crippen LogP contribution in [0, 0.1) is 0 Å². The van der Waals surface area contributed by atoms with Gasteiger partial charge >= 0.3 is 0 Å². The van der Waals surface area contributed by atoms with Gasteiger partial charge in [-0.1, -0.05) is 41.0 Å². The van der Waals surface area contributed by atoms with E-state index in [9.17, 15) is 0 Å². The molecule has 6 heteroatoms. The van der Waals surface area contributed by atoms with E-state index in [1.807, 2.05) is 42.5 Å². The molecule has 1 atom stereocenters. The summed E-state index contributed by atoms with van der Waals surface area (Å²) < 4.78 is 10.8. The van der Waals surface area contributed by atoms with Crippen molar-refractivity contribution < 1.29 is 9.26 Å². The SMILES string of the molecule is COc1cccc(-c2noc([C@H]3CCN(Cc4cccc(Cl)c4)C3)n2)c1. The zero-order valence-electron chi connectivity index (χ0n) is 14.6. The maximum absolute atomic E-state index is 6.08. The Morgan fingerprint density at radius 1 is 1.23 bits per heavy atom. The highest BCUT2D eigenvalue weighted by atomic mass is 35.5. The Morgan fingerprint density at radius 3 is 2.96 bits per heavy atom. The van der Waals surface area contributed by atoms with Gasteiger partial charge in [0.2, 0.25) is 11.7 Å². The molecule has 0 spiro atoms. The zero-order chi connectivity index (χ0) is 17.9. The summed E-state index contributed by atoms with van der Waals surface area (Å²) in [5, 5.41) is 4.93. The quantitative estimate of drug-likeness (QED) is 0.667. The number of nitrogens with zero attached hydrogens (tertiary/aromatic N) is 3. The van der Waals surface area contributed by atoms with Crippen molar-refractivity contribution in [2.24, 2.45) is 0 Å². The van der Waals surface area contributed by atoms with E-state index < -0.39 is 0 Å². The lowest BCUT2D eigenvalue weighted by Gasteiger charge is -2.15. The maximum Gasteiger partial charge on any atom is 0.231 e. The highest BCUT2D eigenvalue weighted by Crippen LogP contribution is 2.29. The first-order valence-corrected chi connectivity index (χ1v) is 9.04. The predicted octanol–water partition coefficient (Wildman–Crippen LogP) is 4.39. The fraction of sp³-hybridized carbons (Fsp3) is 0.300. The smallest absolute Gasteiger partial charge is 0.231 e. The van der Waals surface area contributed by atoms with Crippen LogP contribution in [0.5, 0.6) is 5.75 Å². The Labute approximate surface area is 157 Å². The fourth-order valence-corrected chi connectivity index (χ4v) is 3.56. The minimum Gasteiger partial charge on any atom is -0.497 e. The Kier molecular flexibility index (Phi) is 4.91. The molecule has 0 N–H and O–H groups in total. The van der Waals surface area contributed by atoms with Crippen LogP contribution in [0.15, 0.2) is 53.1 Å². The van der Waals surface area contributed by atoms with E-state index >= 15 is 0 Å². The molecule has 2 heterocycles. The minimum absolute atomic E-state index is 0.265. The average molecular weight is 370 g/mol. The summed E-state index contributed by atoms with van der Waals surface area (Å²) >= 11 is 6.08. The molecule has 0 saturated carbocycles. The molecular weight excluding hydrogens is 350 g/mol. The summed E-state index contributed by atoms with van der Waals surface area (Å²) in [5.74, 6) is 2.35. The van der Waals surface area contributed by atoms with E-state index in [1.54, 1.807) is 7.11 Å². The van der Waals surface area contributed by atoms with Gasteiger partial charge in [0.25, 0.3) is 0 Å². The third kappa shape index (κ3) is 3.74. The summed E-state index contributed by atoms with van der Waals surface area (Å²) in [7, 11) is 1.65. The van der Waals surface area contributed by atoms with Gasteiger partial charge in [-0.2, -0.15) is 4.98 Å². The molecule has 1 aliphatic rings. The van der Waals surface area contributed by atoms with Crippen molar-refractivity contribution in [3.05, 3.63) is 65.0 Å². The molecular formula is C20H20ClN3O2. The topological polar surface area (TPSA) is 51.4 Å². The summed E-state index contributed by atoms with van der Waals surface area (Å²) in [6.07, 6.45) is 1.01. The van der Waals surface area contributed by atoms with Crippen molar-refractivity contribution in [3.8, 4) is 17.1 Å². The Morgan fingerprint density at radius 2 is 2.12 bits per heavy atom. The van der Waals surface area contributed by atoms with Gasteiger partial charge in [0, 0.05) is 23.7 Å². The van der Waals surface area contributed by atoms with Crippen LogP contribution in [0.1, 0.15) is 23.8 Å². The number of rotatable bonds is 5. The number of ether oxygens (including phenoxy) is 1. The van der Waals surface area contributed by atoms with E-state index in [4.69, 9.17) is 20.9 Å². The number of halogens is 1. The molecule has 26 heavy (non-hydrogen) atoms. The second-order valence-corrected chi connectivity index (χ2v) is 6.98. The maximum atomic E-state index is 6.08. The number of methoxy groups -OCH3 is 1. The van der Waals surface area contributed by atoms with Crippen molar-refractivity contribution >= 4 is 11.6 Å². The second kappa shape index (κ2) is 7.48. The van der Waals surface area contributed by atoms with Crippen LogP contribution >= 0.6 is 11.6 Å². The molecule has 5 nitrogen and oxygen atoms in total. The molecule has 0 bridgehead atoms. The van der Waals surface area contributed by atoms with Crippen LogP contribution in [0.25, 0.3) is 11.4 Å². The van der Waals surface area contributed by atoms with Crippen LogP contribution in [0.2, 0.25) is 5.02 Å².